The van der Waals surface area contributed by atoms with Crippen molar-refractivity contribution in [3.05, 3.63) is 77.4 Å². The zero-order valence-electron chi connectivity index (χ0n) is 20.1. The Kier molecular flexibility index (Phi) is 7.69. The second-order valence-corrected chi connectivity index (χ2v) is 9.40. The van der Waals surface area contributed by atoms with E-state index < -0.39 is 18.1 Å². The average Bonchev–Trinajstić information content (AvgIpc) is 3.29. The predicted molar refractivity (Wildman–Crippen MR) is 133 cm³/mol. The molecule has 0 saturated heterocycles. The molecule has 3 heterocycles. The largest absolute Gasteiger partial charge is 0.462 e. The zero-order chi connectivity index (χ0) is 26.6. The van der Waals surface area contributed by atoms with E-state index in [1.54, 1.807) is 63.4 Å². The molecule has 4 rings (SSSR count). The van der Waals surface area contributed by atoms with Crippen molar-refractivity contribution < 1.29 is 28.2 Å². The molecule has 0 saturated carbocycles. The minimum Gasteiger partial charge on any atom is -0.462 e. The quantitative estimate of drug-likeness (QED) is 0.313. The molecule has 4 aromatic rings. The number of ether oxygens (including phenoxy) is 2. The number of aryl methyl sites for hydroxylation is 1. The summed E-state index contributed by atoms with van der Waals surface area (Å²) in [6.07, 6.45) is 2.93. The van der Waals surface area contributed by atoms with Crippen LogP contribution < -0.4 is 14.8 Å². The number of nitrogens with one attached hydrogen (secondary N) is 1. The maximum atomic E-state index is 13.1. The average molecular weight is 528 g/mol. The van der Waals surface area contributed by atoms with Crippen molar-refractivity contribution in [2.24, 2.45) is 0 Å². The summed E-state index contributed by atoms with van der Waals surface area (Å²) in [5.74, 6) is -0.617. The minimum absolute atomic E-state index is 0.0621. The first-order valence-electron chi connectivity index (χ1n) is 11.1. The van der Waals surface area contributed by atoms with Gasteiger partial charge in [0.15, 0.2) is 0 Å². The number of pyridine rings is 2. The number of carbonyl (C=O) groups excluding carboxylic acids is 1. The van der Waals surface area contributed by atoms with Crippen LogP contribution in [0.25, 0.3) is 11.1 Å². The Balaban J connectivity index is 1.48. The van der Waals surface area contributed by atoms with Crippen molar-refractivity contribution >= 4 is 22.4 Å². The summed E-state index contributed by atoms with van der Waals surface area (Å²) < 4.78 is 36.1. The monoisotopic (exact) mass is 527 g/mol. The molecule has 0 aliphatic rings. The van der Waals surface area contributed by atoms with E-state index in [2.05, 4.69) is 30.2 Å². The molecule has 0 aliphatic carbocycles. The van der Waals surface area contributed by atoms with Crippen LogP contribution in [0.3, 0.4) is 0 Å². The molecule has 37 heavy (non-hydrogen) atoms. The van der Waals surface area contributed by atoms with Gasteiger partial charge in [-0.1, -0.05) is 29.4 Å². The highest BCUT2D eigenvalue weighted by atomic mass is 32.1. The van der Waals surface area contributed by atoms with Crippen LogP contribution in [0, 0.1) is 6.92 Å². The van der Waals surface area contributed by atoms with Gasteiger partial charge in [0, 0.05) is 34.8 Å². The van der Waals surface area contributed by atoms with Gasteiger partial charge in [-0.05, 0) is 50.3 Å². The molecule has 0 radical (unpaired) electrons. The van der Waals surface area contributed by atoms with Gasteiger partial charge in [0.2, 0.25) is 5.13 Å². The fourth-order valence-electron chi connectivity index (χ4n) is 3.34. The third kappa shape index (κ3) is 6.60. The molecule has 3 aromatic heterocycles. The first kappa shape index (κ1) is 26.0. The Morgan fingerprint density at radius 3 is 2.59 bits per heavy atom. The van der Waals surface area contributed by atoms with Gasteiger partial charge in [-0.25, -0.2) is 0 Å². The number of halogens is 2. The first-order chi connectivity index (χ1) is 17.6. The number of aromatic nitrogens is 4. The number of nitrogens with zero attached hydrogens (tertiary/aromatic N) is 4. The Morgan fingerprint density at radius 2 is 1.89 bits per heavy atom. The molecule has 2 N–H and O–H groups in total. The van der Waals surface area contributed by atoms with Crippen molar-refractivity contribution in [2.45, 2.75) is 39.6 Å². The highest BCUT2D eigenvalue weighted by Gasteiger charge is 2.20. The van der Waals surface area contributed by atoms with Crippen molar-refractivity contribution in [1.82, 2.24) is 20.2 Å². The third-order valence-electron chi connectivity index (χ3n) is 5.18. The molecular weight excluding hydrogens is 504 g/mol. The van der Waals surface area contributed by atoms with Gasteiger partial charge in [0.05, 0.1) is 16.9 Å². The van der Waals surface area contributed by atoms with Crippen LogP contribution in [0.5, 0.6) is 10.9 Å². The summed E-state index contributed by atoms with van der Waals surface area (Å²) in [6.45, 7) is 2.16. The van der Waals surface area contributed by atoms with Crippen molar-refractivity contribution in [3.8, 4) is 22.1 Å². The van der Waals surface area contributed by atoms with E-state index in [4.69, 9.17) is 4.74 Å². The normalized spacial score (nSPS) is 11.4. The lowest BCUT2D eigenvalue weighted by Gasteiger charge is -2.17. The van der Waals surface area contributed by atoms with Crippen molar-refractivity contribution in [2.75, 3.05) is 5.32 Å². The van der Waals surface area contributed by atoms with Crippen LogP contribution in [0.15, 0.2) is 54.9 Å². The lowest BCUT2D eigenvalue weighted by molar-refractivity contribution is -0.0494. The Labute approximate surface area is 215 Å². The van der Waals surface area contributed by atoms with Gasteiger partial charge in [0.25, 0.3) is 11.1 Å². The molecular formula is C25H23F2N5O4S. The summed E-state index contributed by atoms with van der Waals surface area (Å²) in [7, 11) is 0. The Hall–Kier alpha value is -4.03. The topological polar surface area (TPSA) is 119 Å². The Bertz CT molecular complexity index is 1390. The van der Waals surface area contributed by atoms with Crippen LogP contribution >= 0.6 is 11.3 Å². The molecule has 0 unspecified atom stereocenters. The molecule has 192 valence electrons. The minimum atomic E-state index is -3.02. The third-order valence-corrected chi connectivity index (χ3v) is 5.93. The maximum Gasteiger partial charge on any atom is 0.387 e. The number of anilines is 1. The van der Waals surface area contributed by atoms with E-state index in [0.717, 1.165) is 11.3 Å². The molecule has 12 heteroatoms. The molecule has 1 aromatic carbocycles. The zero-order valence-corrected chi connectivity index (χ0v) is 20.9. The van der Waals surface area contributed by atoms with Crippen molar-refractivity contribution in [3.63, 3.8) is 0 Å². The highest BCUT2D eigenvalue weighted by molar-refractivity contribution is 7.17. The van der Waals surface area contributed by atoms with E-state index in [0.29, 0.717) is 28.1 Å². The number of para-hydroxylation sites is 1. The standard InChI is InChI=1S/C25H23F2N5O4S/c1-14-10-18(17-6-4-5-7-20(17)36-22(26)27)19(12-28-14)21(33)30-23-31-32-24(37-23)35-13-16-9-8-15(11-29-16)25(2,3)34/h4-12,22,34H,13H2,1-3H3,(H,30,31,33). The van der Waals surface area contributed by atoms with E-state index in [1.165, 1.54) is 12.3 Å². The summed E-state index contributed by atoms with van der Waals surface area (Å²) in [5, 5.41) is 20.9. The van der Waals surface area contributed by atoms with Gasteiger partial charge < -0.3 is 14.6 Å². The molecule has 1 amide bonds. The van der Waals surface area contributed by atoms with E-state index in [-0.39, 0.29) is 28.2 Å². The number of carbonyl (C=O) groups is 1. The van der Waals surface area contributed by atoms with Crippen LogP contribution in [-0.4, -0.2) is 37.8 Å². The molecule has 9 nitrogen and oxygen atoms in total. The number of hydrogen-bond donors (Lipinski definition) is 2. The number of alkyl halides is 2. The fraction of sp³-hybridized carbons (Fsp3) is 0.240. The van der Waals surface area contributed by atoms with Crippen molar-refractivity contribution in [1.29, 1.82) is 0 Å². The van der Waals surface area contributed by atoms with Crippen LogP contribution in [0.2, 0.25) is 0 Å². The molecule has 0 bridgehead atoms. The molecule has 0 fully saturated rings. The molecule has 0 aliphatic heterocycles. The number of rotatable bonds is 9. The SMILES string of the molecule is Cc1cc(-c2ccccc2OC(F)F)c(C(=O)Nc2nnc(OCc3ccc(C(C)(C)O)cn3)s2)cn1. The number of aliphatic hydroxyl groups is 1. The number of benzene rings is 1. The second kappa shape index (κ2) is 10.9. The van der Waals surface area contributed by atoms with E-state index in [9.17, 15) is 18.7 Å². The van der Waals surface area contributed by atoms with Gasteiger partial charge in [0.1, 0.15) is 12.4 Å². The smallest absolute Gasteiger partial charge is 0.387 e. The van der Waals surface area contributed by atoms with Gasteiger partial charge in [-0.15, -0.1) is 5.10 Å². The van der Waals surface area contributed by atoms with Crippen LogP contribution in [-0.2, 0) is 12.2 Å². The highest BCUT2D eigenvalue weighted by Crippen LogP contribution is 2.34. The predicted octanol–water partition coefficient (Wildman–Crippen LogP) is 4.96. The summed E-state index contributed by atoms with van der Waals surface area (Å²) in [4.78, 5) is 21.5. The fourth-order valence-corrected chi connectivity index (χ4v) is 3.93. The lowest BCUT2D eigenvalue weighted by atomic mass is 9.99. The summed E-state index contributed by atoms with van der Waals surface area (Å²) in [6, 6.07) is 11.3. The number of hydrogen-bond acceptors (Lipinski definition) is 9. The van der Waals surface area contributed by atoms with E-state index in [1.807, 2.05) is 0 Å². The summed E-state index contributed by atoms with van der Waals surface area (Å²) >= 11 is 1.01. The molecule has 0 spiro atoms. The first-order valence-corrected chi connectivity index (χ1v) is 11.9. The van der Waals surface area contributed by atoms with Crippen LogP contribution in [0.4, 0.5) is 13.9 Å². The second-order valence-electron chi connectivity index (χ2n) is 8.46. The van der Waals surface area contributed by atoms with Gasteiger partial charge >= 0.3 is 6.61 Å². The van der Waals surface area contributed by atoms with Gasteiger partial charge in [-0.3, -0.25) is 20.1 Å². The number of amides is 1. The Morgan fingerprint density at radius 1 is 1.11 bits per heavy atom. The van der Waals surface area contributed by atoms with Crippen LogP contribution in [0.1, 0.15) is 41.2 Å². The van der Waals surface area contributed by atoms with Gasteiger partial charge in [-0.2, -0.15) is 8.78 Å². The van der Waals surface area contributed by atoms with E-state index >= 15 is 0 Å². The molecule has 0 atom stereocenters. The summed E-state index contributed by atoms with van der Waals surface area (Å²) in [5.41, 5.74) is 1.73. The maximum absolute atomic E-state index is 13.1. The lowest BCUT2D eigenvalue weighted by Crippen LogP contribution is -2.16.